The minimum Gasteiger partial charge on any atom is -0.505 e. The summed E-state index contributed by atoms with van der Waals surface area (Å²) in [6.45, 7) is 0. The molecular weight excluding hydrogens is 156 g/mol. The zero-order valence-corrected chi connectivity index (χ0v) is 5.96. The molecule has 0 aromatic carbocycles. The number of aromatic nitrogens is 2. The van der Waals surface area contributed by atoms with Gasteiger partial charge in [0.25, 0.3) is 5.56 Å². The van der Waals surface area contributed by atoms with Gasteiger partial charge in [-0.15, -0.1) is 0 Å². The largest absolute Gasteiger partial charge is 0.505 e. The van der Waals surface area contributed by atoms with Gasteiger partial charge in [-0.1, -0.05) is 11.6 Å². The van der Waals surface area contributed by atoms with E-state index in [0.717, 1.165) is 10.9 Å². The quantitative estimate of drug-likeness (QED) is 0.588. The summed E-state index contributed by atoms with van der Waals surface area (Å²) in [5, 5.41) is 12.1. The van der Waals surface area contributed by atoms with E-state index in [-0.39, 0.29) is 10.8 Å². The van der Waals surface area contributed by atoms with Gasteiger partial charge in [0.1, 0.15) is 0 Å². The van der Waals surface area contributed by atoms with Crippen LogP contribution in [0.25, 0.3) is 0 Å². The first kappa shape index (κ1) is 7.08. The predicted octanol–water partition coefficient (Wildman–Crippen LogP) is 0.139. The van der Waals surface area contributed by atoms with Crippen LogP contribution in [0.3, 0.4) is 0 Å². The number of aromatic hydroxyl groups is 1. The Morgan fingerprint density at radius 2 is 2.40 bits per heavy atom. The molecule has 0 aliphatic rings. The molecule has 0 unspecified atom stereocenters. The van der Waals surface area contributed by atoms with Crippen LogP contribution in [-0.2, 0) is 7.05 Å². The maximum Gasteiger partial charge on any atom is 0.289 e. The van der Waals surface area contributed by atoms with Crippen LogP contribution in [0.4, 0.5) is 0 Å². The summed E-state index contributed by atoms with van der Waals surface area (Å²) in [4.78, 5) is 10.8. The number of hydrogen-bond acceptors (Lipinski definition) is 3. The molecule has 10 heavy (non-hydrogen) atoms. The molecule has 5 heteroatoms. The van der Waals surface area contributed by atoms with Crippen LogP contribution < -0.4 is 5.56 Å². The van der Waals surface area contributed by atoms with E-state index in [1.54, 1.807) is 0 Å². The second-order valence-electron chi connectivity index (χ2n) is 1.77. The summed E-state index contributed by atoms with van der Waals surface area (Å²) in [7, 11) is 1.45. The van der Waals surface area contributed by atoms with Gasteiger partial charge in [-0.05, 0) is 0 Å². The van der Waals surface area contributed by atoms with Gasteiger partial charge in [0.05, 0.1) is 6.20 Å². The monoisotopic (exact) mass is 160 g/mol. The summed E-state index contributed by atoms with van der Waals surface area (Å²) in [6, 6.07) is 0. The molecule has 0 bridgehead atoms. The van der Waals surface area contributed by atoms with Gasteiger partial charge in [-0.25, -0.2) is 4.68 Å². The van der Waals surface area contributed by atoms with Crippen LogP contribution >= 0.6 is 11.6 Å². The van der Waals surface area contributed by atoms with Crippen LogP contribution in [0, 0.1) is 0 Å². The summed E-state index contributed by atoms with van der Waals surface area (Å²) in [5.74, 6) is -0.287. The second kappa shape index (κ2) is 2.30. The van der Waals surface area contributed by atoms with Gasteiger partial charge in [-0.2, -0.15) is 5.10 Å². The topological polar surface area (TPSA) is 55.1 Å². The number of aryl methyl sites for hydroxylation is 1. The Morgan fingerprint density at radius 1 is 1.80 bits per heavy atom. The van der Waals surface area contributed by atoms with Crippen molar-refractivity contribution in [3.8, 4) is 5.75 Å². The minimum atomic E-state index is -0.498. The number of nitrogens with zero attached hydrogens (tertiary/aromatic N) is 2. The molecule has 1 aromatic heterocycles. The number of rotatable bonds is 0. The Balaban J connectivity index is 3.50. The van der Waals surface area contributed by atoms with Crippen molar-refractivity contribution in [1.29, 1.82) is 0 Å². The van der Waals surface area contributed by atoms with E-state index in [4.69, 9.17) is 16.7 Å². The maximum absolute atomic E-state index is 10.8. The van der Waals surface area contributed by atoms with Crippen LogP contribution in [-0.4, -0.2) is 14.9 Å². The molecule has 4 nitrogen and oxygen atoms in total. The minimum absolute atomic E-state index is 0.197. The zero-order valence-electron chi connectivity index (χ0n) is 5.21. The van der Waals surface area contributed by atoms with Gasteiger partial charge in [0, 0.05) is 7.05 Å². The standard InChI is InChI=1S/C5H5ClN2O2/c1-8-5(10)4(6)3(9)2-7-8/h2,9H,1H3. The third kappa shape index (κ3) is 0.974. The molecule has 0 radical (unpaired) electrons. The van der Waals surface area contributed by atoms with Crippen molar-refractivity contribution in [2.45, 2.75) is 0 Å². The van der Waals surface area contributed by atoms with Gasteiger partial charge in [0.2, 0.25) is 0 Å². The van der Waals surface area contributed by atoms with E-state index < -0.39 is 5.56 Å². The van der Waals surface area contributed by atoms with Crippen molar-refractivity contribution in [1.82, 2.24) is 9.78 Å². The first-order valence-electron chi connectivity index (χ1n) is 2.53. The lowest BCUT2D eigenvalue weighted by atomic mass is 10.5. The first-order valence-corrected chi connectivity index (χ1v) is 2.91. The van der Waals surface area contributed by atoms with Crippen LogP contribution in [0.1, 0.15) is 0 Å². The number of halogens is 1. The SMILES string of the molecule is Cn1ncc(O)c(Cl)c1=O. The zero-order chi connectivity index (χ0) is 7.72. The second-order valence-corrected chi connectivity index (χ2v) is 2.15. The first-order chi connectivity index (χ1) is 4.63. The number of hydrogen-bond donors (Lipinski definition) is 1. The third-order valence-corrected chi connectivity index (χ3v) is 1.42. The Labute approximate surface area is 61.7 Å². The maximum atomic E-state index is 10.8. The van der Waals surface area contributed by atoms with Crippen molar-refractivity contribution >= 4 is 11.6 Å². The molecule has 0 aliphatic carbocycles. The van der Waals surface area contributed by atoms with E-state index in [0.29, 0.717) is 0 Å². The van der Waals surface area contributed by atoms with E-state index in [1.165, 1.54) is 7.05 Å². The van der Waals surface area contributed by atoms with E-state index >= 15 is 0 Å². The van der Waals surface area contributed by atoms with Gasteiger partial charge in [0.15, 0.2) is 10.8 Å². The lowest BCUT2D eigenvalue weighted by Crippen LogP contribution is -2.18. The highest BCUT2D eigenvalue weighted by molar-refractivity contribution is 6.31. The Hall–Kier alpha value is -1.03. The normalized spacial score (nSPS) is 9.80. The fraction of sp³-hybridized carbons (Fsp3) is 0.200. The molecule has 0 spiro atoms. The van der Waals surface area contributed by atoms with Gasteiger partial charge < -0.3 is 5.11 Å². The summed E-state index contributed by atoms with van der Waals surface area (Å²) < 4.78 is 1.04. The fourth-order valence-electron chi connectivity index (χ4n) is 0.502. The average molecular weight is 161 g/mol. The van der Waals surface area contributed by atoms with Crippen molar-refractivity contribution in [3.05, 3.63) is 21.6 Å². The van der Waals surface area contributed by atoms with Crippen LogP contribution in [0.5, 0.6) is 5.75 Å². The molecule has 1 heterocycles. The molecule has 54 valence electrons. The third-order valence-electron chi connectivity index (χ3n) is 1.06. The van der Waals surface area contributed by atoms with Crippen LogP contribution in [0.15, 0.2) is 11.0 Å². The molecular formula is C5H5ClN2O2. The van der Waals surface area contributed by atoms with Crippen molar-refractivity contribution in [2.75, 3.05) is 0 Å². The molecule has 1 N–H and O–H groups in total. The Bertz CT molecular complexity index is 307. The van der Waals surface area contributed by atoms with Crippen molar-refractivity contribution < 1.29 is 5.11 Å². The van der Waals surface area contributed by atoms with E-state index in [2.05, 4.69) is 5.10 Å². The Morgan fingerprint density at radius 3 is 2.90 bits per heavy atom. The van der Waals surface area contributed by atoms with Crippen molar-refractivity contribution in [3.63, 3.8) is 0 Å². The highest BCUT2D eigenvalue weighted by atomic mass is 35.5. The molecule has 0 saturated carbocycles. The lowest BCUT2D eigenvalue weighted by Gasteiger charge is -1.96. The molecule has 1 rings (SSSR count). The van der Waals surface area contributed by atoms with E-state index in [1.807, 2.05) is 0 Å². The summed E-state index contributed by atoms with van der Waals surface area (Å²) in [5.41, 5.74) is -0.498. The molecule has 0 fully saturated rings. The highest BCUT2D eigenvalue weighted by Crippen LogP contribution is 2.14. The highest BCUT2D eigenvalue weighted by Gasteiger charge is 2.03. The molecule has 1 aromatic rings. The van der Waals surface area contributed by atoms with Gasteiger partial charge in [-0.3, -0.25) is 4.79 Å². The Kier molecular flexibility index (Phi) is 1.63. The smallest absolute Gasteiger partial charge is 0.289 e. The summed E-state index contributed by atoms with van der Waals surface area (Å²) in [6.07, 6.45) is 1.11. The molecule has 0 amide bonds. The fourth-order valence-corrected chi connectivity index (χ4v) is 0.673. The van der Waals surface area contributed by atoms with Crippen molar-refractivity contribution in [2.24, 2.45) is 7.05 Å². The van der Waals surface area contributed by atoms with Gasteiger partial charge >= 0.3 is 0 Å². The lowest BCUT2D eigenvalue weighted by molar-refractivity contribution is 0.465. The molecule has 0 saturated heterocycles. The predicted molar refractivity (Wildman–Crippen MR) is 36.2 cm³/mol. The summed E-state index contributed by atoms with van der Waals surface area (Å²) >= 11 is 5.36. The van der Waals surface area contributed by atoms with Crippen LogP contribution in [0.2, 0.25) is 5.02 Å². The van der Waals surface area contributed by atoms with E-state index in [9.17, 15) is 4.79 Å². The molecule has 0 aliphatic heterocycles. The average Bonchev–Trinajstić information content (AvgIpc) is 1.93. The molecule has 0 atom stereocenters.